The number of halogens is 1. The second kappa shape index (κ2) is 7.83. The molecular formula is C16H17BrN2O5S. The molecule has 1 heterocycles. The number of methoxy groups -OCH3 is 1. The maximum atomic E-state index is 12.6. The average molecular weight is 429 g/mol. The van der Waals surface area contributed by atoms with Gasteiger partial charge in [-0.15, -0.1) is 0 Å². The van der Waals surface area contributed by atoms with Crippen molar-refractivity contribution in [3.05, 3.63) is 27.9 Å². The summed E-state index contributed by atoms with van der Waals surface area (Å²) in [5, 5.41) is 10.2. The highest BCUT2D eigenvalue weighted by atomic mass is 79.9. The maximum absolute atomic E-state index is 12.6. The number of phenolic OH excluding ortho intramolecular Hbond substituents is 1. The van der Waals surface area contributed by atoms with Crippen molar-refractivity contribution in [3.63, 3.8) is 0 Å². The summed E-state index contributed by atoms with van der Waals surface area (Å²) in [5.41, 5.74) is 0.931. The number of likely N-dealkylation sites (N-methyl/N-ethyl adjacent to an activating group) is 1. The number of esters is 1. The van der Waals surface area contributed by atoms with Crippen LogP contribution in [0.4, 0.5) is 0 Å². The number of rotatable bonds is 5. The van der Waals surface area contributed by atoms with E-state index in [4.69, 9.17) is 17.0 Å². The lowest BCUT2D eigenvalue weighted by molar-refractivity contribution is -0.143. The second-order valence-corrected chi connectivity index (χ2v) is 6.34. The van der Waals surface area contributed by atoms with Gasteiger partial charge in [0.2, 0.25) is 0 Å². The van der Waals surface area contributed by atoms with Crippen molar-refractivity contribution in [1.29, 1.82) is 0 Å². The molecule has 2 rings (SSSR count). The molecule has 25 heavy (non-hydrogen) atoms. The molecule has 1 aliphatic rings. The van der Waals surface area contributed by atoms with E-state index in [0.29, 0.717) is 28.1 Å². The van der Waals surface area contributed by atoms with Crippen LogP contribution in [0, 0.1) is 0 Å². The zero-order valence-electron chi connectivity index (χ0n) is 13.9. The number of amides is 1. The van der Waals surface area contributed by atoms with Gasteiger partial charge in [-0.1, -0.05) is 0 Å². The van der Waals surface area contributed by atoms with E-state index >= 15 is 0 Å². The van der Waals surface area contributed by atoms with Crippen LogP contribution in [-0.2, 0) is 14.3 Å². The quantitative estimate of drug-likeness (QED) is 0.437. The molecule has 134 valence electrons. The van der Waals surface area contributed by atoms with Crippen molar-refractivity contribution < 1.29 is 24.2 Å². The van der Waals surface area contributed by atoms with Gasteiger partial charge in [0.05, 0.1) is 18.2 Å². The minimum atomic E-state index is -0.559. The lowest BCUT2D eigenvalue weighted by atomic mass is 10.1. The third-order valence-electron chi connectivity index (χ3n) is 3.51. The first-order valence-corrected chi connectivity index (χ1v) is 8.53. The van der Waals surface area contributed by atoms with Gasteiger partial charge in [0, 0.05) is 7.05 Å². The Hall–Kier alpha value is -2.13. The number of carbonyl (C=O) groups excluding carboxylic acids is 2. The molecule has 1 saturated heterocycles. The van der Waals surface area contributed by atoms with Gasteiger partial charge in [-0.2, -0.15) is 0 Å². The van der Waals surface area contributed by atoms with Crippen LogP contribution < -0.4 is 4.74 Å². The monoisotopic (exact) mass is 428 g/mol. The largest absolute Gasteiger partial charge is 0.503 e. The number of phenols is 1. The zero-order chi connectivity index (χ0) is 18.7. The Bertz CT molecular complexity index is 765. The van der Waals surface area contributed by atoms with Crippen LogP contribution in [0.1, 0.15) is 12.5 Å². The van der Waals surface area contributed by atoms with Gasteiger partial charge in [-0.05, 0) is 58.8 Å². The molecule has 0 aromatic heterocycles. The Morgan fingerprint density at radius 1 is 1.44 bits per heavy atom. The Labute approximate surface area is 158 Å². The molecule has 1 aromatic carbocycles. The van der Waals surface area contributed by atoms with Crippen LogP contribution >= 0.6 is 28.1 Å². The van der Waals surface area contributed by atoms with Crippen LogP contribution in [0.25, 0.3) is 6.08 Å². The molecule has 0 radical (unpaired) electrons. The predicted octanol–water partition coefficient (Wildman–Crippen LogP) is 2.13. The smallest absolute Gasteiger partial charge is 0.325 e. The van der Waals surface area contributed by atoms with Crippen LogP contribution in [0.5, 0.6) is 11.5 Å². The number of aromatic hydroxyl groups is 1. The molecule has 9 heteroatoms. The van der Waals surface area contributed by atoms with E-state index < -0.39 is 11.9 Å². The number of benzene rings is 1. The molecule has 0 bridgehead atoms. The van der Waals surface area contributed by atoms with Crippen molar-refractivity contribution in [2.75, 3.05) is 27.3 Å². The normalized spacial score (nSPS) is 15.9. The molecule has 7 nitrogen and oxygen atoms in total. The summed E-state index contributed by atoms with van der Waals surface area (Å²) >= 11 is 8.48. The van der Waals surface area contributed by atoms with E-state index in [1.165, 1.54) is 16.9 Å². The standard InChI is InChI=1S/C16H17BrN2O5S/c1-4-24-12-7-9(5-10(17)14(12)21)6-11-15(22)19(8-13(20)23-3)16(25)18(11)2/h5-7,21H,4,8H2,1-3H3/b11-6-. The molecular weight excluding hydrogens is 412 g/mol. The summed E-state index contributed by atoms with van der Waals surface area (Å²) in [7, 11) is 2.89. The van der Waals surface area contributed by atoms with E-state index in [1.807, 2.05) is 0 Å². The Kier molecular flexibility index (Phi) is 6.02. The summed E-state index contributed by atoms with van der Waals surface area (Å²) in [5.74, 6) is -0.680. The Morgan fingerprint density at radius 2 is 2.12 bits per heavy atom. The molecule has 0 unspecified atom stereocenters. The highest BCUT2D eigenvalue weighted by Gasteiger charge is 2.37. The van der Waals surface area contributed by atoms with Crippen LogP contribution in [0.15, 0.2) is 22.3 Å². The van der Waals surface area contributed by atoms with Gasteiger partial charge in [0.15, 0.2) is 16.6 Å². The summed E-state index contributed by atoms with van der Waals surface area (Å²) < 4.78 is 10.4. The predicted molar refractivity (Wildman–Crippen MR) is 99.0 cm³/mol. The number of nitrogens with zero attached hydrogens (tertiary/aromatic N) is 2. The minimum absolute atomic E-state index is 0.0158. The first-order chi connectivity index (χ1) is 11.8. The topological polar surface area (TPSA) is 79.3 Å². The number of hydrogen-bond donors (Lipinski definition) is 1. The third kappa shape index (κ3) is 3.93. The van der Waals surface area contributed by atoms with Gasteiger partial charge < -0.3 is 19.5 Å². The highest BCUT2D eigenvalue weighted by Crippen LogP contribution is 2.36. The first kappa shape index (κ1) is 19.2. The van der Waals surface area contributed by atoms with E-state index in [0.717, 1.165) is 0 Å². The number of thiocarbonyl (C=S) groups is 1. The zero-order valence-corrected chi connectivity index (χ0v) is 16.3. The molecule has 0 saturated carbocycles. The van der Waals surface area contributed by atoms with Crippen molar-refractivity contribution in [2.45, 2.75) is 6.92 Å². The van der Waals surface area contributed by atoms with Gasteiger partial charge in [-0.3, -0.25) is 14.5 Å². The summed E-state index contributed by atoms with van der Waals surface area (Å²) in [4.78, 5) is 26.7. The fraction of sp³-hybridized carbons (Fsp3) is 0.312. The molecule has 1 amide bonds. The molecule has 1 aliphatic heterocycles. The summed E-state index contributed by atoms with van der Waals surface area (Å²) in [6.45, 7) is 1.94. The van der Waals surface area contributed by atoms with E-state index in [1.54, 1.807) is 32.2 Å². The van der Waals surface area contributed by atoms with E-state index in [2.05, 4.69) is 20.7 Å². The molecule has 0 spiro atoms. The fourth-order valence-electron chi connectivity index (χ4n) is 2.24. The average Bonchev–Trinajstić information content (AvgIpc) is 2.77. The molecule has 0 atom stereocenters. The summed E-state index contributed by atoms with van der Waals surface area (Å²) in [6, 6.07) is 3.27. The van der Waals surface area contributed by atoms with Gasteiger partial charge >= 0.3 is 5.97 Å². The SMILES string of the molecule is CCOc1cc(/C=C2/C(=O)N(CC(=O)OC)C(=S)N2C)cc(Br)c1O. The lowest BCUT2D eigenvalue weighted by Crippen LogP contribution is -2.36. The third-order valence-corrected chi connectivity index (χ3v) is 4.61. The highest BCUT2D eigenvalue weighted by molar-refractivity contribution is 9.10. The number of carbonyl (C=O) groups is 2. The molecule has 1 N–H and O–H groups in total. The fourth-order valence-corrected chi connectivity index (χ4v) is 2.95. The Balaban J connectivity index is 2.39. The van der Waals surface area contributed by atoms with Crippen LogP contribution in [0.3, 0.4) is 0 Å². The van der Waals surface area contributed by atoms with Crippen LogP contribution in [-0.4, -0.2) is 59.2 Å². The van der Waals surface area contributed by atoms with Crippen molar-refractivity contribution >= 4 is 51.2 Å². The van der Waals surface area contributed by atoms with Gasteiger partial charge in [0.1, 0.15) is 12.2 Å². The van der Waals surface area contributed by atoms with Gasteiger partial charge in [0.25, 0.3) is 5.91 Å². The van der Waals surface area contributed by atoms with E-state index in [9.17, 15) is 14.7 Å². The summed E-state index contributed by atoms with van der Waals surface area (Å²) in [6.07, 6.45) is 1.61. The first-order valence-electron chi connectivity index (χ1n) is 7.33. The molecule has 0 aliphatic carbocycles. The molecule has 1 fully saturated rings. The number of ether oxygens (including phenoxy) is 2. The van der Waals surface area contributed by atoms with E-state index in [-0.39, 0.29) is 17.4 Å². The maximum Gasteiger partial charge on any atom is 0.325 e. The van der Waals surface area contributed by atoms with Crippen molar-refractivity contribution in [1.82, 2.24) is 9.80 Å². The lowest BCUT2D eigenvalue weighted by Gasteiger charge is -2.14. The Morgan fingerprint density at radius 3 is 2.72 bits per heavy atom. The van der Waals surface area contributed by atoms with Crippen molar-refractivity contribution in [2.24, 2.45) is 0 Å². The molecule has 1 aromatic rings. The van der Waals surface area contributed by atoms with Gasteiger partial charge in [-0.25, -0.2) is 0 Å². The number of hydrogen-bond acceptors (Lipinski definition) is 6. The second-order valence-electron chi connectivity index (χ2n) is 5.12. The van der Waals surface area contributed by atoms with Crippen molar-refractivity contribution in [3.8, 4) is 11.5 Å². The minimum Gasteiger partial charge on any atom is -0.503 e. The van der Waals surface area contributed by atoms with Crippen LogP contribution in [0.2, 0.25) is 0 Å².